The van der Waals surface area contributed by atoms with Gasteiger partial charge in [0.2, 0.25) is 0 Å². The highest BCUT2D eigenvalue weighted by Crippen LogP contribution is 2.35. The van der Waals surface area contributed by atoms with E-state index >= 15 is 0 Å². The first-order chi connectivity index (χ1) is 7.33. The number of rotatable bonds is 3. The Morgan fingerprint density at radius 3 is 2.56 bits per heavy atom. The van der Waals surface area contributed by atoms with E-state index in [1.165, 1.54) is 0 Å². The summed E-state index contributed by atoms with van der Waals surface area (Å²) in [5, 5.41) is 9.63. The van der Waals surface area contributed by atoms with E-state index in [0.29, 0.717) is 5.57 Å². The maximum Gasteiger partial charge on any atom is 0.333 e. The zero-order chi connectivity index (χ0) is 12.3. The van der Waals surface area contributed by atoms with E-state index in [0.717, 1.165) is 25.7 Å². The quantitative estimate of drug-likeness (QED) is 0.594. The van der Waals surface area contributed by atoms with Crippen molar-refractivity contribution in [1.29, 1.82) is 0 Å². The van der Waals surface area contributed by atoms with Gasteiger partial charge in [-0.05, 0) is 40.0 Å². The molecule has 0 bridgehead atoms. The van der Waals surface area contributed by atoms with Crippen molar-refractivity contribution in [2.45, 2.75) is 58.2 Å². The summed E-state index contributed by atoms with van der Waals surface area (Å²) in [6.07, 6.45) is 3.34. The van der Waals surface area contributed by atoms with Crippen LogP contribution in [0.2, 0.25) is 0 Å². The van der Waals surface area contributed by atoms with E-state index in [9.17, 15) is 9.90 Å². The van der Waals surface area contributed by atoms with Gasteiger partial charge in [0.1, 0.15) is 5.60 Å². The number of carbonyl (C=O) groups excluding carboxylic acids is 1. The lowest BCUT2D eigenvalue weighted by molar-refractivity contribution is -0.159. The Balaban J connectivity index is 2.61. The van der Waals surface area contributed by atoms with Gasteiger partial charge in [0.25, 0.3) is 0 Å². The summed E-state index contributed by atoms with van der Waals surface area (Å²) in [5.74, 6) is -0.107. The second-order valence-corrected chi connectivity index (χ2v) is 5.29. The van der Waals surface area contributed by atoms with E-state index in [1.54, 1.807) is 6.92 Å². The summed E-state index contributed by atoms with van der Waals surface area (Å²) in [5.41, 5.74) is -0.0957. The molecule has 0 radical (unpaired) electrons. The van der Waals surface area contributed by atoms with Gasteiger partial charge in [-0.2, -0.15) is 0 Å². The molecule has 3 nitrogen and oxygen atoms in total. The number of carbonyl (C=O) groups is 1. The van der Waals surface area contributed by atoms with Gasteiger partial charge in [0.05, 0.1) is 6.10 Å². The third-order valence-corrected chi connectivity index (χ3v) is 3.33. The van der Waals surface area contributed by atoms with Crippen molar-refractivity contribution < 1.29 is 14.6 Å². The van der Waals surface area contributed by atoms with Gasteiger partial charge in [0, 0.05) is 11.5 Å². The van der Waals surface area contributed by atoms with Crippen molar-refractivity contribution >= 4 is 5.97 Å². The van der Waals surface area contributed by atoms with Crippen LogP contribution in [0.1, 0.15) is 46.5 Å². The van der Waals surface area contributed by atoms with E-state index < -0.39 is 5.60 Å². The van der Waals surface area contributed by atoms with Gasteiger partial charge >= 0.3 is 5.97 Å². The van der Waals surface area contributed by atoms with Crippen LogP contribution in [-0.2, 0) is 9.53 Å². The molecule has 1 fully saturated rings. The van der Waals surface area contributed by atoms with Crippen molar-refractivity contribution in [2.75, 3.05) is 0 Å². The highest BCUT2D eigenvalue weighted by Gasteiger charge is 2.36. The van der Waals surface area contributed by atoms with E-state index in [2.05, 4.69) is 6.58 Å². The van der Waals surface area contributed by atoms with Crippen molar-refractivity contribution in [1.82, 2.24) is 0 Å². The Bertz CT molecular complexity index is 281. The number of hydrogen-bond acceptors (Lipinski definition) is 3. The molecule has 0 aromatic heterocycles. The first-order valence-electron chi connectivity index (χ1n) is 5.90. The molecule has 1 saturated carbocycles. The van der Waals surface area contributed by atoms with Gasteiger partial charge in [-0.3, -0.25) is 0 Å². The normalized spacial score (nSPS) is 26.2. The van der Waals surface area contributed by atoms with Crippen LogP contribution in [0.5, 0.6) is 0 Å². The lowest BCUT2D eigenvalue weighted by Gasteiger charge is -2.38. The molecule has 3 heteroatoms. The van der Waals surface area contributed by atoms with E-state index in [1.807, 2.05) is 13.8 Å². The van der Waals surface area contributed by atoms with E-state index in [4.69, 9.17) is 4.74 Å². The molecule has 1 aliphatic rings. The molecule has 1 rings (SSSR count). The topological polar surface area (TPSA) is 46.5 Å². The van der Waals surface area contributed by atoms with Crippen LogP contribution in [0.15, 0.2) is 12.2 Å². The number of ether oxygens (including phenoxy) is 1. The molecule has 92 valence electrons. The minimum absolute atomic E-state index is 0.236. The molecule has 0 spiro atoms. The number of hydrogen-bond donors (Lipinski definition) is 1. The van der Waals surface area contributed by atoms with Crippen molar-refractivity contribution in [3.63, 3.8) is 0 Å². The minimum Gasteiger partial charge on any atom is -0.456 e. The highest BCUT2D eigenvalue weighted by atomic mass is 16.6. The van der Waals surface area contributed by atoms with Crippen molar-refractivity contribution in [3.05, 3.63) is 12.2 Å². The highest BCUT2D eigenvalue weighted by molar-refractivity contribution is 5.87. The summed E-state index contributed by atoms with van der Waals surface area (Å²) in [4.78, 5) is 11.5. The zero-order valence-electron chi connectivity index (χ0n) is 10.5. The van der Waals surface area contributed by atoms with Crippen LogP contribution >= 0.6 is 0 Å². The fourth-order valence-corrected chi connectivity index (χ4v) is 2.20. The summed E-state index contributed by atoms with van der Waals surface area (Å²) in [7, 11) is 0. The lowest BCUT2D eigenvalue weighted by atomic mass is 9.77. The maximum atomic E-state index is 11.5. The van der Waals surface area contributed by atoms with Crippen LogP contribution in [0.25, 0.3) is 0 Å². The first-order valence-corrected chi connectivity index (χ1v) is 5.90. The molecule has 0 aliphatic heterocycles. The Labute approximate surface area is 97.5 Å². The summed E-state index contributed by atoms with van der Waals surface area (Å²) in [6.45, 7) is 9.05. The molecule has 0 amide bonds. The van der Waals surface area contributed by atoms with Gasteiger partial charge in [-0.25, -0.2) is 4.79 Å². The fourth-order valence-electron chi connectivity index (χ4n) is 2.20. The maximum absolute atomic E-state index is 11.5. The zero-order valence-corrected chi connectivity index (χ0v) is 10.5. The van der Waals surface area contributed by atoms with Gasteiger partial charge < -0.3 is 9.84 Å². The molecule has 0 heterocycles. The smallest absolute Gasteiger partial charge is 0.333 e. The Hall–Kier alpha value is -0.830. The predicted molar refractivity (Wildman–Crippen MR) is 62.9 cm³/mol. The van der Waals surface area contributed by atoms with Crippen LogP contribution in [-0.4, -0.2) is 22.8 Å². The molecule has 0 saturated heterocycles. The first kappa shape index (κ1) is 13.2. The average Bonchev–Trinajstić information content (AvgIpc) is 2.17. The SMILES string of the molecule is C=C(C)C(=O)OC(C)(C)C1CCCC(O)C1. The van der Waals surface area contributed by atoms with Crippen LogP contribution in [0.4, 0.5) is 0 Å². The lowest BCUT2D eigenvalue weighted by Crippen LogP contribution is -2.40. The second kappa shape index (κ2) is 5.00. The van der Waals surface area contributed by atoms with Gasteiger partial charge in [-0.15, -0.1) is 0 Å². The molecule has 0 aromatic rings. The molecule has 0 aromatic carbocycles. The van der Waals surface area contributed by atoms with Crippen molar-refractivity contribution in [3.8, 4) is 0 Å². The number of aliphatic hydroxyl groups excluding tert-OH is 1. The summed E-state index contributed by atoms with van der Waals surface area (Å²) < 4.78 is 5.44. The summed E-state index contributed by atoms with van der Waals surface area (Å²) >= 11 is 0. The largest absolute Gasteiger partial charge is 0.456 e. The number of aliphatic hydroxyl groups is 1. The number of esters is 1. The third-order valence-electron chi connectivity index (χ3n) is 3.33. The molecule has 2 unspecified atom stereocenters. The van der Waals surface area contributed by atoms with Gasteiger partial charge in [0.15, 0.2) is 0 Å². The Morgan fingerprint density at radius 1 is 1.44 bits per heavy atom. The van der Waals surface area contributed by atoms with Crippen LogP contribution < -0.4 is 0 Å². The molecular formula is C13H22O3. The fraction of sp³-hybridized carbons (Fsp3) is 0.769. The van der Waals surface area contributed by atoms with Crippen molar-refractivity contribution in [2.24, 2.45) is 5.92 Å². The predicted octanol–water partition coefficient (Wildman–Crippen LogP) is 2.44. The summed E-state index contributed by atoms with van der Waals surface area (Å²) in [6, 6.07) is 0. The Kier molecular flexibility index (Phi) is 4.14. The van der Waals surface area contributed by atoms with E-state index in [-0.39, 0.29) is 18.0 Å². The molecule has 16 heavy (non-hydrogen) atoms. The molecule has 1 N–H and O–H groups in total. The standard InChI is InChI=1S/C13H22O3/c1-9(2)12(15)16-13(3,4)10-6-5-7-11(14)8-10/h10-11,14H,1,5-8H2,2-4H3. The van der Waals surface area contributed by atoms with Gasteiger partial charge in [-0.1, -0.05) is 13.0 Å². The monoisotopic (exact) mass is 226 g/mol. The second-order valence-electron chi connectivity index (χ2n) is 5.29. The van der Waals surface area contributed by atoms with Crippen LogP contribution in [0, 0.1) is 5.92 Å². The average molecular weight is 226 g/mol. The van der Waals surface area contributed by atoms with Crippen LogP contribution in [0.3, 0.4) is 0 Å². The molecule has 1 aliphatic carbocycles. The Morgan fingerprint density at radius 2 is 2.06 bits per heavy atom. The third kappa shape index (κ3) is 3.34. The molecule has 2 atom stereocenters. The molecular weight excluding hydrogens is 204 g/mol. The minimum atomic E-state index is -0.516.